The van der Waals surface area contributed by atoms with E-state index in [2.05, 4.69) is 43.1 Å². The minimum Gasteiger partial charge on any atom is -0.481 e. The number of carbonyl (C=O) groups is 3. The predicted molar refractivity (Wildman–Crippen MR) is 177 cm³/mol. The van der Waals surface area contributed by atoms with E-state index in [0.29, 0.717) is 46.5 Å². The van der Waals surface area contributed by atoms with E-state index in [1.54, 1.807) is 0 Å². The fourth-order valence-electron chi connectivity index (χ4n) is 6.60. The van der Waals surface area contributed by atoms with Gasteiger partial charge in [0.25, 0.3) is 0 Å². The third-order valence-electron chi connectivity index (χ3n) is 9.21. The van der Waals surface area contributed by atoms with Crippen LogP contribution >= 0.6 is 8.58 Å². The van der Waals surface area contributed by atoms with Crippen molar-refractivity contribution in [1.82, 2.24) is 15.1 Å². The fourth-order valence-corrected chi connectivity index (χ4v) is 8.07. The molecule has 0 aromatic carbocycles. The van der Waals surface area contributed by atoms with Crippen molar-refractivity contribution in [3.05, 3.63) is 0 Å². The van der Waals surface area contributed by atoms with Gasteiger partial charge in [-0.1, -0.05) is 52.9 Å². The molecule has 1 aliphatic rings. The van der Waals surface area contributed by atoms with Crippen molar-refractivity contribution in [3.8, 4) is 0 Å². The number of nitrogens with zero attached hydrogens (tertiary/aromatic N) is 2. The van der Waals surface area contributed by atoms with Crippen LogP contribution in [0.3, 0.4) is 0 Å². The molecule has 43 heavy (non-hydrogen) atoms. The first-order valence-corrected chi connectivity index (χ1v) is 18.2. The zero-order valence-corrected chi connectivity index (χ0v) is 28.9. The van der Waals surface area contributed by atoms with E-state index < -0.39 is 29.2 Å². The topological polar surface area (TPSA) is 130 Å². The average molecular weight is 630 g/mol. The monoisotopic (exact) mass is 629 g/mol. The molecule has 6 atom stereocenters. The van der Waals surface area contributed by atoms with Gasteiger partial charge in [-0.2, -0.15) is 0 Å². The molecule has 1 rings (SSSR count). The van der Waals surface area contributed by atoms with Crippen molar-refractivity contribution in [1.29, 1.82) is 0 Å². The van der Waals surface area contributed by atoms with Gasteiger partial charge in [-0.15, -0.1) is 8.58 Å². The van der Waals surface area contributed by atoms with E-state index in [0.717, 1.165) is 96.4 Å². The zero-order chi connectivity index (χ0) is 32.3. The highest BCUT2D eigenvalue weighted by molar-refractivity contribution is 7.40. The number of hydrogen-bond acceptors (Lipinski definition) is 6. The Hall–Kier alpha value is -1.28. The highest BCUT2D eigenvalue weighted by Gasteiger charge is 2.45. The first kappa shape index (κ1) is 39.7. The Bertz CT molecular complexity index is 801. The smallest absolute Gasteiger partial charge is 0.310 e. The van der Waals surface area contributed by atoms with E-state index >= 15 is 0 Å². The summed E-state index contributed by atoms with van der Waals surface area (Å²) in [6, 6.07) is 0. The van der Waals surface area contributed by atoms with Gasteiger partial charge in [0.15, 0.2) is 0 Å². The number of carboxylic acids is 3. The molecular formula is C33H64N3O6P. The van der Waals surface area contributed by atoms with E-state index in [1.807, 2.05) is 6.92 Å². The van der Waals surface area contributed by atoms with E-state index in [4.69, 9.17) is 0 Å². The van der Waals surface area contributed by atoms with Gasteiger partial charge in [-0.05, 0) is 103 Å². The molecule has 0 saturated heterocycles. The number of hydrogen-bond donors (Lipinski definition) is 4. The SMILES string of the molecule is CCCC[C@H]1CC[C@](CC(C)CCN(CCCN(C)C)CNC[C@@H](CCCCP[C@H](CCC)C(=O)O)C(=O)O)(C(=O)O)C1. The maximum Gasteiger partial charge on any atom is 0.310 e. The van der Waals surface area contributed by atoms with Crippen molar-refractivity contribution >= 4 is 26.5 Å². The Balaban J connectivity index is 2.58. The molecule has 0 amide bonds. The second kappa shape index (κ2) is 22.3. The zero-order valence-electron chi connectivity index (χ0n) is 27.9. The van der Waals surface area contributed by atoms with Crippen LogP contribution < -0.4 is 5.32 Å². The molecule has 0 bridgehead atoms. The molecular weight excluding hydrogens is 565 g/mol. The molecule has 252 valence electrons. The van der Waals surface area contributed by atoms with Crippen LogP contribution in [0.25, 0.3) is 0 Å². The molecule has 4 N–H and O–H groups in total. The Morgan fingerprint density at radius 3 is 2.28 bits per heavy atom. The third-order valence-corrected chi connectivity index (χ3v) is 10.9. The summed E-state index contributed by atoms with van der Waals surface area (Å²) >= 11 is 0. The van der Waals surface area contributed by atoms with Gasteiger partial charge in [-0.3, -0.25) is 19.3 Å². The van der Waals surface area contributed by atoms with Gasteiger partial charge in [0.2, 0.25) is 0 Å². The number of unbranched alkanes of at least 4 members (excludes halogenated alkanes) is 2. The van der Waals surface area contributed by atoms with Crippen molar-refractivity contribution in [3.63, 3.8) is 0 Å². The molecule has 0 aliphatic heterocycles. The lowest BCUT2D eigenvalue weighted by Crippen LogP contribution is -2.40. The summed E-state index contributed by atoms with van der Waals surface area (Å²) < 4.78 is 0. The Labute approximate surface area is 263 Å². The molecule has 0 radical (unpaired) electrons. The summed E-state index contributed by atoms with van der Waals surface area (Å²) in [7, 11) is 4.52. The fraction of sp³-hybridized carbons (Fsp3) is 0.909. The minimum absolute atomic E-state index is 0.265. The molecule has 1 fully saturated rings. The predicted octanol–water partition coefficient (Wildman–Crippen LogP) is 6.07. The molecule has 0 aromatic rings. The van der Waals surface area contributed by atoms with Gasteiger partial charge in [0, 0.05) is 19.8 Å². The second-order valence-corrected chi connectivity index (χ2v) is 15.1. The third kappa shape index (κ3) is 16.6. The average Bonchev–Trinajstić information content (AvgIpc) is 3.36. The summed E-state index contributed by atoms with van der Waals surface area (Å²) in [6.45, 7) is 10.2. The first-order valence-electron chi connectivity index (χ1n) is 16.9. The summed E-state index contributed by atoms with van der Waals surface area (Å²) in [5.41, 5.74) is -0.843. The molecule has 1 aliphatic carbocycles. The lowest BCUT2D eigenvalue weighted by Gasteiger charge is -2.30. The molecule has 10 heteroatoms. The molecule has 9 nitrogen and oxygen atoms in total. The van der Waals surface area contributed by atoms with Crippen molar-refractivity contribution in [2.45, 2.75) is 116 Å². The molecule has 1 saturated carbocycles. The Kier molecular flexibility index (Phi) is 20.6. The van der Waals surface area contributed by atoms with Gasteiger partial charge in [0.05, 0.1) is 17.0 Å². The van der Waals surface area contributed by atoms with E-state index in [1.165, 1.54) is 6.42 Å². The van der Waals surface area contributed by atoms with Crippen molar-refractivity contribution in [2.24, 2.45) is 23.2 Å². The number of aliphatic carboxylic acids is 3. The highest BCUT2D eigenvalue weighted by Crippen LogP contribution is 2.48. The lowest BCUT2D eigenvalue weighted by atomic mass is 9.76. The standard InChI is InChI=1S/C33H64N3O6P/c1-6-8-13-27-15-17-33(23-27,32(41)42)22-26(3)16-20-36(19-11-18-35(4)5)25-34-24-28(30(37)38)14-9-10-21-43-29(12-7-2)31(39)40/h26-29,34,43H,6-25H2,1-5H3,(H,37,38)(H,39,40)(H,41,42)/t26?,27-,28+,29+,33+/m0/s1. The van der Waals surface area contributed by atoms with Crippen LogP contribution in [0.2, 0.25) is 0 Å². The second-order valence-electron chi connectivity index (χ2n) is 13.5. The van der Waals surface area contributed by atoms with Crippen LogP contribution in [-0.2, 0) is 14.4 Å². The van der Waals surface area contributed by atoms with Crippen LogP contribution in [0, 0.1) is 23.2 Å². The van der Waals surface area contributed by atoms with Gasteiger partial charge in [-0.25, -0.2) is 0 Å². The van der Waals surface area contributed by atoms with Crippen LogP contribution in [0.4, 0.5) is 0 Å². The maximum absolute atomic E-state index is 12.4. The van der Waals surface area contributed by atoms with Gasteiger partial charge in [0.1, 0.15) is 0 Å². The molecule has 2 unspecified atom stereocenters. The van der Waals surface area contributed by atoms with Crippen LogP contribution in [0.1, 0.15) is 111 Å². The molecule has 0 heterocycles. The summed E-state index contributed by atoms with van der Waals surface area (Å²) in [5.74, 6) is -1.73. The normalized spacial score (nSPS) is 21.1. The first-order chi connectivity index (χ1) is 20.4. The lowest BCUT2D eigenvalue weighted by molar-refractivity contribution is -0.150. The minimum atomic E-state index is -0.787. The number of nitrogens with one attached hydrogen (secondary N) is 1. The van der Waals surface area contributed by atoms with Gasteiger partial charge < -0.3 is 25.5 Å². The van der Waals surface area contributed by atoms with Crippen molar-refractivity contribution < 1.29 is 29.7 Å². The Morgan fingerprint density at radius 1 is 0.930 bits per heavy atom. The Morgan fingerprint density at radius 2 is 1.67 bits per heavy atom. The molecule has 0 spiro atoms. The molecule has 0 aromatic heterocycles. The van der Waals surface area contributed by atoms with Crippen LogP contribution in [0.5, 0.6) is 0 Å². The van der Waals surface area contributed by atoms with Crippen molar-refractivity contribution in [2.75, 3.05) is 53.1 Å². The van der Waals surface area contributed by atoms with Gasteiger partial charge >= 0.3 is 17.9 Å². The quantitative estimate of drug-likeness (QED) is 0.0486. The van der Waals surface area contributed by atoms with E-state index in [-0.39, 0.29) is 5.66 Å². The highest BCUT2D eigenvalue weighted by atomic mass is 31.1. The van der Waals surface area contributed by atoms with Crippen LogP contribution in [-0.4, -0.2) is 102 Å². The number of rotatable bonds is 27. The summed E-state index contributed by atoms with van der Waals surface area (Å²) in [5, 5.41) is 32.7. The summed E-state index contributed by atoms with van der Waals surface area (Å²) in [4.78, 5) is 40.2. The summed E-state index contributed by atoms with van der Waals surface area (Å²) in [6.07, 6.45) is 13.5. The van der Waals surface area contributed by atoms with Crippen LogP contribution in [0.15, 0.2) is 0 Å². The largest absolute Gasteiger partial charge is 0.481 e. The maximum atomic E-state index is 12.4. The van der Waals surface area contributed by atoms with E-state index in [9.17, 15) is 29.7 Å². The number of carboxylic acid groups (broad SMARTS) is 3.